The first-order chi connectivity index (χ1) is 11.7. The SMILES string of the molecule is CC(=O)O/C(=C\c1cc2ccccc2[nH]1)N/N=C\c1ccccc1. The number of hydrogen-bond acceptors (Lipinski definition) is 4. The largest absolute Gasteiger partial charge is 0.408 e. The van der Waals surface area contributed by atoms with Gasteiger partial charge in [-0.2, -0.15) is 5.10 Å². The normalized spacial score (nSPS) is 11.8. The number of nitrogens with zero attached hydrogens (tertiary/aromatic N) is 1. The fraction of sp³-hybridized carbons (Fsp3) is 0.0526. The van der Waals surface area contributed by atoms with Crippen molar-refractivity contribution >= 4 is 29.2 Å². The lowest BCUT2D eigenvalue weighted by molar-refractivity contribution is -0.137. The van der Waals surface area contributed by atoms with Crippen molar-refractivity contribution in [2.45, 2.75) is 6.92 Å². The number of aromatic nitrogens is 1. The lowest BCUT2D eigenvalue weighted by Crippen LogP contribution is -2.12. The van der Waals surface area contributed by atoms with Crippen molar-refractivity contribution in [3.63, 3.8) is 0 Å². The van der Waals surface area contributed by atoms with Crippen LogP contribution in [0.2, 0.25) is 0 Å². The van der Waals surface area contributed by atoms with Crippen LogP contribution in [0, 0.1) is 0 Å². The van der Waals surface area contributed by atoms with Gasteiger partial charge in [-0.05, 0) is 23.1 Å². The number of hydrogen-bond donors (Lipinski definition) is 2. The van der Waals surface area contributed by atoms with Gasteiger partial charge >= 0.3 is 5.97 Å². The van der Waals surface area contributed by atoms with Gasteiger partial charge in [0.2, 0.25) is 5.88 Å². The van der Waals surface area contributed by atoms with Crippen molar-refractivity contribution in [1.82, 2.24) is 10.4 Å². The monoisotopic (exact) mass is 319 g/mol. The third-order valence-corrected chi connectivity index (χ3v) is 3.28. The lowest BCUT2D eigenvalue weighted by Gasteiger charge is -2.05. The van der Waals surface area contributed by atoms with Crippen molar-refractivity contribution < 1.29 is 9.53 Å². The zero-order valence-corrected chi connectivity index (χ0v) is 13.2. The zero-order chi connectivity index (χ0) is 16.8. The van der Waals surface area contributed by atoms with Gasteiger partial charge in [0.05, 0.1) is 6.21 Å². The maximum absolute atomic E-state index is 11.3. The van der Waals surface area contributed by atoms with Gasteiger partial charge in [-0.15, -0.1) is 0 Å². The van der Waals surface area contributed by atoms with Crippen molar-refractivity contribution in [2.24, 2.45) is 5.10 Å². The van der Waals surface area contributed by atoms with Gasteiger partial charge in [0.1, 0.15) is 0 Å². The van der Waals surface area contributed by atoms with Gasteiger partial charge in [0.25, 0.3) is 0 Å². The number of esters is 1. The molecule has 0 unspecified atom stereocenters. The first-order valence-corrected chi connectivity index (χ1v) is 7.53. The van der Waals surface area contributed by atoms with Crippen LogP contribution < -0.4 is 5.43 Å². The number of hydrazone groups is 1. The molecule has 0 amide bonds. The summed E-state index contributed by atoms with van der Waals surface area (Å²) in [6.45, 7) is 1.35. The molecule has 0 spiro atoms. The minimum Gasteiger partial charge on any atom is -0.408 e. The number of nitrogens with one attached hydrogen (secondary N) is 2. The number of para-hydroxylation sites is 1. The smallest absolute Gasteiger partial charge is 0.309 e. The van der Waals surface area contributed by atoms with Gasteiger partial charge in [-0.3, -0.25) is 4.79 Å². The number of rotatable bonds is 5. The molecular formula is C19H17N3O2. The highest BCUT2D eigenvalue weighted by Crippen LogP contribution is 2.16. The van der Waals surface area contributed by atoms with Crippen LogP contribution in [0.1, 0.15) is 18.2 Å². The van der Waals surface area contributed by atoms with E-state index in [4.69, 9.17) is 4.74 Å². The topological polar surface area (TPSA) is 66.5 Å². The molecule has 2 aromatic carbocycles. The van der Waals surface area contributed by atoms with Crippen LogP contribution in [-0.4, -0.2) is 17.2 Å². The van der Waals surface area contributed by atoms with Gasteiger partial charge in [-0.1, -0.05) is 48.5 Å². The summed E-state index contributed by atoms with van der Waals surface area (Å²) >= 11 is 0. The van der Waals surface area contributed by atoms with Crippen LogP contribution in [0.4, 0.5) is 0 Å². The third kappa shape index (κ3) is 4.10. The summed E-state index contributed by atoms with van der Waals surface area (Å²) in [5, 5.41) is 5.19. The fourth-order valence-corrected chi connectivity index (χ4v) is 2.26. The molecule has 0 atom stereocenters. The van der Waals surface area contributed by atoms with Crippen LogP contribution in [0.25, 0.3) is 17.0 Å². The van der Waals surface area contributed by atoms with E-state index in [9.17, 15) is 4.79 Å². The van der Waals surface area contributed by atoms with E-state index in [1.54, 1.807) is 12.3 Å². The van der Waals surface area contributed by atoms with Gasteiger partial charge in [0.15, 0.2) is 0 Å². The maximum Gasteiger partial charge on any atom is 0.309 e. The average molecular weight is 319 g/mol. The predicted molar refractivity (Wildman–Crippen MR) is 95.2 cm³/mol. The highest BCUT2D eigenvalue weighted by atomic mass is 16.5. The zero-order valence-electron chi connectivity index (χ0n) is 13.2. The molecule has 2 N–H and O–H groups in total. The van der Waals surface area contributed by atoms with E-state index in [2.05, 4.69) is 15.5 Å². The van der Waals surface area contributed by atoms with Crippen molar-refractivity contribution in [1.29, 1.82) is 0 Å². The Bertz CT molecular complexity index is 862. The molecule has 24 heavy (non-hydrogen) atoms. The maximum atomic E-state index is 11.3. The molecule has 0 aliphatic rings. The molecule has 5 heteroatoms. The number of H-pyrrole nitrogens is 1. The molecular weight excluding hydrogens is 302 g/mol. The molecule has 0 saturated carbocycles. The molecule has 3 aromatic rings. The first kappa shape index (κ1) is 15.6. The van der Waals surface area contributed by atoms with E-state index in [-0.39, 0.29) is 5.88 Å². The number of benzene rings is 2. The summed E-state index contributed by atoms with van der Waals surface area (Å²) in [6.07, 6.45) is 3.35. The van der Waals surface area contributed by atoms with E-state index in [1.165, 1.54) is 6.92 Å². The Hall–Kier alpha value is -3.34. The summed E-state index contributed by atoms with van der Waals surface area (Å²) in [6, 6.07) is 19.5. The number of aromatic amines is 1. The summed E-state index contributed by atoms with van der Waals surface area (Å²) in [5.74, 6) is -0.166. The quantitative estimate of drug-likeness (QED) is 0.326. The molecule has 0 radical (unpaired) electrons. The number of carbonyl (C=O) groups is 1. The predicted octanol–water partition coefficient (Wildman–Crippen LogP) is 3.65. The third-order valence-electron chi connectivity index (χ3n) is 3.28. The van der Waals surface area contributed by atoms with Gasteiger partial charge < -0.3 is 9.72 Å². The first-order valence-electron chi connectivity index (χ1n) is 7.53. The molecule has 3 rings (SSSR count). The van der Waals surface area contributed by atoms with E-state index < -0.39 is 5.97 Å². The Balaban J connectivity index is 1.80. The second kappa shape index (κ2) is 7.28. The van der Waals surface area contributed by atoms with E-state index in [1.807, 2.05) is 60.7 Å². The highest BCUT2D eigenvalue weighted by molar-refractivity contribution is 5.83. The van der Waals surface area contributed by atoms with Crippen molar-refractivity contribution in [3.8, 4) is 0 Å². The molecule has 0 saturated heterocycles. The Morgan fingerprint density at radius 1 is 1.12 bits per heavy atom. The Kier molecular flexibility index (Phi) is 4.72. The second-order valence-corrected chi connectivity index (χ2v) is 5.19. The Morgan fingerprint density at radius 2 is 1.88 bits per heavy atom. The number of carbonyl (C=O) groups excluding carboxylic acids is 1. The van der Waals surface area contributed by atoms with Gasteiger partial charge in [-0.25, -0.2) is 5.43 Å². The Morgan fingerprint density at radius 3 is 2.62 bits per heavy atom. The van der Waals surface area contributed by atoms with Crippen LogP contribution in [-0.2, 0) is 9.53 Å². The van der Waals surface area contributed by atoms with Crippen molar-refractivity contribution in [3.05, 3.63) is 77.8 Å². The molecule has 1 heterocycles. The number of ether oxygens (including phenoxy) is 1. The van der Waals surface area contributed by atoms with Crippen LogP contribution in [0.3, 0.4) is 0 Å². The molecule has 0 bridgehead atoms. The van der Waals surface area contributed by atoms with E-state index >= 15 is 0 Å². The van der Waals surface area contributed by atoms with Crippen LogP contribution in [0.15, 0.2) is 71.6 Å². The minimum atomic E-state index is -0.417. The minimum absolute atomic E-state index is 0.251. The van der Waals surface area contributed by atoms with Crippen LogP contribution >= 0.6 is 0 Å². The van der Waals surface area contributed by atoms with E-state index in [0.29, 0.717) is 0 Å². The summed E-state index contributed by atoms with van der Waals surface area (Å²) in [5.41, 5.74) is 5.53. The molecule has 0 fully saturated rings. The average Bonchev–Trinajstić information content (AvgIpc) is 2.97. The molecule has 5 nitrogen and oxygen atoms in total. The second-order valence-electron chi connectivity index (χ2n) is 5.19. The fourth-order valence-electron chi connectivity index (χ4n) is 2.26. The number of fused-ring (bicyclic) bond motifs is 1. The summed E-state index contributed by atoms with van der Waals surface area (Å²) < 4.78 is 5.17. The molecule has 0 aliphatic carbocycles. The molecule has 1 aromatic heterocycles. The van der Waals surface area contributed by atoms with E-state index in [0.717, 1.165) is 22.2 Å². The summed E-state index contributed by atoms with van der Waals surface area (Å²) in [7, 11) is 0. The van der Waals surface area contributed by atoms with Crippen molar-refractivity contribution in [2.75, 3.05) is 0 Å². The lowest BCUT2D eigenvalue weighted by atomic mass is 10.2. The molecule has 0 aliphatic heterocycles. The van der Waals surface area contributed by atoms with Crippen LogP contribution in [0.5, 0.6) is 0 Å². The van der Waals surface area contributed by atoms with Gasteiger partial charge in [0, 0.05) is 24.2 Å². The molecule has 120 valence electrons. The Labute approximate surface area is 139 Å². The highest BCUT2D eigenvalue weighted by Gasteiger charge is 2.04. The standard InChI is InChI=1S/C19H17N3O2/c1-14(23)24-19(22-20-13-15-7-3-2-4-8-15)12-17-11-16-9-5-6-10-18(16)21-17/h2-13,21-22H,1H3/b19-12-,20-13-. The summed E-state index contributed by atoms with van der Waals surface area (Å²) in [4.78, 5) is 14.5.